The Morgan fingerprint density at radius 2 is 1.61 bits per heavy atom. The predicted molar refractivity (Wildman–Crippen MR) is 147 cm³/mol. The Morgan fingerprint density at radius 3 is 2.29 bits per heavy atom. The monoisotopic (exact) mass is 565 g/mol. The zero-order chi connectivity index (χ0) is 29.1. The fourth-order valence-electron chi connectivity index (χ4n) is 4.99. The van der Waals surface area contributed by atoms with Crippen molar-refractivity contribution in [3.8, 4) is 11.1 Å². The number of alkyl halides is 3. The number of carbonyl (C=O) groups excluding carboxylic acids is 2. The summed E-state index contributed by atoms with van der Waals surface area (Å²) in [7, 11) is 0. The van der Waals surface area contributed by atoms with E-state index >= 15 is 0 Å². The molecule has 3 N–H and O–H groups in total. The lowest BCUT2D eigenvalue weighted by Gasteiger charge is -2.34. The summed E-state index contributed by atoms with van der Waals surface area (Å²) in [4.78, 5) is 28.2. The number of likely N-dealkylation sites (N-methyl/N-ethyl adjacent to an activating group) is 1. The Bertz CT molecular complexity index is 1580. The van der Waals surface area contributed by atoms with Gasteiger partial charge in [0.05, 0.1) is 17.0 Å². The number of anilines is 2. The number of piperazine rings is 1. The van der Waals surface area contributed by atoms with Gasteiger partial charge in [-0.3, -0.25) is 10.00 Å². The molecule has 4 aromatic rings. The number of fused-ring (bicyclic) bond motifs is 1. The van der Waals surface area contributed by atoms with Crippen LogP contribution >= 0.6 is 0 Å². The highest BCUT2D eigenvalue weighted by Gasteiger charge is 2.34. The number of urea groups is 1. The van der Waals surface area contributed by atoms with Gasteiger partial charge in [-0.05, 0) is 59.6 Å². The summed E-state index contributed by atoms with van der Waals surface area (Å²) in [6, 6.07) is 15.1. The van der Waals surface area contributed by atoms with Crippen LogP contribution in [0.1, 0.15) is 28.5 Å². The average Bonchev–Trinajstić information content (AvgIpc) is 3.38. The molecular weight excluding hydrogens is 537 g/mol. The first-order valence-electron chi connectivity index (χ1n) is 13.1. The van der Waals surface area contributed by atoms with Crippen LogP contribution in [0.15, 0.2) is 60.7 Å². The number of aromatic amines is 1. The number of halogens is 3. The third-order valence-corrected chi connectivity index (χ3v) is 7.19. The number of rotatable bonds is 7. The van der Waals surface area contributed by atoms with Crippen molar-refractivity contribution in [3.05, 3.63) is 77.5 Å². The highest BCUT2D eigenvalue weighted by molar-refractivity contribution is 6.02. The molecule has 0 aliphatic carbocycles. The second-order valence-corrected chi connectivity index (χ2v) is 9.86. The number of hydrogen-bond acceptors (Lipinski definition) is 6. The minimum atomic E-state index is -4.57. The molecule has 0 radical (unpaired) electrons. The molecule has 0 saturated carbocycles. The third-order valence-electron chi connectivity index (χ3n) is 7.19. The van der Waals surface area contributed by atoms with Gasteiger partial charge in [-0.25, -0.2) is 4.79 Å². The maximum Gasteiger partial charge on any atom is 0.416 e. The standard InChI is InChI=1S/C29H29F3N6O3/c1-2-37-10-12-38(13-11-37)17-20-6-8-22(16-24(20)29(30,31)32)34-28(41)33-21-5-3-4-18(14-21)19-7-9-23-25(15-19)35-36-26(23)27(39)40/h3-9,14-16H,2,10-13,17H2,1H3,(H,35,36)(H,39,40)(H2,33,34,41)/p-1. The van der Waals surface area contributed by atoms with Crippen molar-refractivity contribution in [2.75, 3.05) is 43.4 Å². The second-order valence-electron chi connectivity index (χ2n) is 9.86. The Morgan fingerprint density at radius 1 is 0.927 bits per heavy atom. The maximum absolute atomic E-state index is 13.9. The molecule has 1 aliphatic rings. The molecule has 2 heterocycles. The summed E-state index contributed by atoms with van der Waals surface area (Å²) < 4.78 is 41.8. The van der Waals surface area contributed by atoms with E-state index in [0.29, 0.717) is 29.7 Å². The molecular formula is C29H28F3N6O3-. The SMILES string of the molecule is CCN1CCN(Cc2ccc(NC(=O)Nc3cccc(-c4ccc5c(C(=O)[O-])n[nH]c5c4)c3)cc2C(F)(F)F)CC1. The van der Waals surface area contributed by atoms with Crippen molar-refractivity contribution in [2.45, 2.75) is 19.6 Å². The fraction of sp³-hybridized carbons (Fsp3) is 0.276. The summed E-state index contributed by atoms with van der Waals surface area (Å²) in [6.07, 6.45) is -4.57. The number of nitrogens with zero attached hydrogens (tertiary/aromatic N) is 3. The third kappa shape index (κ3) is 6.50. The number of benzene rings is 3. The van der Waals surface area contributed by atoms with Crippen molar-refractivity contribution >= 4 is 34.3 Å². The van der Waals surface area contributed by atoms with Crippen LogP contribution in [-0.2, 0) is 12.7 Å². The molecule has 5 rings (SSSR count). The molecule has 3 aromatic carbocycles. The number of nitrogens with one attached hydrogen (secondary N) is 3. The molecule has 1 fully saturated rings. The number of aromatic nitrogens is 2. The van der Waals surface area contributed by atoms with Gasteiger partial charge >= 0.3 is 12.2 Å². The van der Waals surface area contributed by atoms with E-state index in [9.17, 15) is 27.9 Å². The van der Waals surface area contributed by atoms with Crippen LogP contribution in [-0.4, -0.2) is 64.7 Å². The van der Waals surface area contributed by atoms with E-state index in [1.54, 1.807) is 42.5 Å². The van der Waals surface area contributed by atoms with Crippen LogP contribution < -0.4 is 15.7 Å². The molecule has 1 saturated heterocycles. The molecule has 0 spiro atoms. The number of hydrogen-bond donors (Lipinski definition) is 3. The van der Waals surface area contributed by atoms with E-state index in [-0.39, 0.29) is 23.5 Å². The number of carboxylic acid groups (broad SMARTS) is 1. The van der Waals surface area contributed by atoms with Crippen LogP contribution in [0.4, 0.5) is 29.3 Å². The normalized spacial score (nSPS) is 14.7. The molecule has 41 heavy (non-hydrogen) atoms. The highest BCUT2D eigenvalue weighted by Crippen LogP contribution is 2.35. The topological polar surface area (TPSA) is 116 Å². The zero-order valence-electron chi connectivity index (χ0n) is 22.2. The quantitative estimate of drug-likeness (QED) is 0.306. The molecule has 0 atom stereocenters. The van der Waals surface area contributed by atoms with Crippen molar-refractivity contribution in [1.29, 1.82) is 0 Å². The Labute approximate surface area is 234 Å². The Kier molecular flexibility index (Phi) is 7.95. The van der Waals surface area contributed by atoms with Gasteiger partial charge in [-0.2, -0.15) is 18.3 Å². The molecule has 2 amide bonds. The molecule has 12 heteroatoms. The first-order valence-corrected chi connectivity index (χ1v) is 13.1. The van der Waals surface area contributed by atoms with Crippen LogP contribution in [0.3, 0.4) is 0 Å². The van der Waals surface area contributed by atoms with E-state index in [2.05, 4.69) is 32.7 Å². The number of amides is 2. The minimum absolute atomic E-state index is 0.0268. The average molecular weight is 566 g/mol. The van der Waals surface area contributed by atoms with Gasteiger partial charge in [-0.15, -0.1) is 0 Å². The summed E-state index contributed by atoms with van der Waals surface area (Å²) in [5.41, 5.74) is 1.61. The largest absolute Gasteiger partial charge is 0.543 e. The molecule has 0 bridgehead atoms. The first-order chi connectivity index (χ1) is 19.6. The molecule has 1 aromatic heterocycles. The lowest BCUT2D eigenvalue weighted by atomic mass is 10.0. The van der Waals surface area contributed by atoms with Gasteiger partial charge in [0.1, 0.15) is 5.69 Å². The first kappa shape index (κ1) is 28.1. The fourth-order valence-corrected chi connectivity index (χ4v) is 4.99. The van der Waals surface area contributed by atoms with Crippen molar-refractivity contribution in [3.63, 3.8) is 0 Å². The zero-order valence-corrected chi connectivity index (χ0v) is 22.2. The number of carboxylic acids is 1. The van der Waals surface area contributed by atoms with E-state index in [1.807, 2.05) is 4.90 Å². The molecule has 1 aliphatic heterocycles. The summed E-state index contributed by atoms with van der Waals surface area (Å²) in [5.74, 6) is -1.39. The van der Waals surface area contributed by atoms with Gasteiger partial charge in [0.15, 0.2) is 0 Å². The van der Waals surface area contributed by atoms with Crippen LogP contribution in [0.25, 0.3) is 22.0 Å². The van der Waals surface area contributed by atoms with Gasteiger partial charge in [0.25, 0.3) is 0 Å². The maximum atomic E-state index is 13.9. The number of aromatic carboxylic acids is 1. The predicted octanol–water partition coefficient (Wildman–Crippen LogP) is 4.39. The highest BCUT2D eigenvalue weighted by atomic mass is 19.4. The van der Waals surface area contributed by atoms with Crippen molar-refractivity contribution < 1.29 is 27.9 Å². The van der Waals surface area contributed by atoms with Crippen LogP contribution in [0, 0.1) is 0 Å². The summed E-state index contributed by atoms with van der Waals surface area (Å²) >= 11 is 0. The minimum Gasteiger partial charge on any atom is -0.543 e. The van der Waals surface area contributed by atoms with Crippen molar-refractivity contribution in [1.82, 2.24) is 20.0 Å². The van der Waals surface area contributed by atoms with Gasteiger partial charge in [0.2, 0.25) is 0 Å². The molecule has 9 nitrogen and oxygen atoms in total. The molecule has 0 unspecified atom stereocenters. The Hall–Kier alpha value is -4.42. The summed E-state index contributed by atoms with van der Waals surface area (Å²) in [6.45, 7) is 6.20. The lowest BCUT2D eigenvalue weighted by Crippen LogP contribution is -2.45. The van der Waals surface area contributed by atoms with E-state index in [4.69, 9.17) is 0 Å². The van der Waals surface area contributed by atoms with Crippen LogP contribution in [0.2, 0.25) is 0 Å². The van der Waals surface area contributed by atoms with E-state index in [0.717, 1.165) is 36.8 Å². The van der Waals surface area contributed by atoms with Gasteiger partial charge in [-0.1, -0.05) is 31.2 Å². The smallest absolute Gasteiger partial charge is 0.416 e. The number of H-pyrrole nitrogens is 1. The summed E-state index contributed by atoms with van der Waals surface area (Å²) in [5, 5.41) is 23.2. The Balaban J connectivity index is 1.28. The second kappa shape index (κ2) is 11.6. The van der Waals surface area contributed by atoms with Crippen molar-refractivity contribution in [2.24, 2.45) is 0 Å². The van der Waals surface area contributed by atoms with Crippen LogP contribution in [0.5, 0.6) is 0 Å². The lowest BCUT2D eigenvalue weighted by molar-refractivity contribution is -0.255. The van der Waals surface area contributed by atoms with Gasteiger partial charge in [0, 0.05) is 49.5 Å². The van der Waals surface area contributed by atoms with E-state index in [1.165, 1.54) is 12.1 Å². The molecule has 214 valence electrons. The number of carbonyl (C=O) groups is 2. The van der Waals surface area contributed by atoms with Gasteiger partial charge < -0.3 is 25.4 Å². The van der Waals surface area contributed by atoms with E-state index < -0.39 is 23.7 Å².